The van der Waals surface area contributed by atoms with Crippen LogP contribution in [-0.4, -0.2) is 42.6 Å². The van der Waals surface area contributed by atoms with Gasteiger partial charge in [0, 0.05) is 6.54 Å². The van der Waals surface area contributed by atoms with Gasteiger partial charge in [0.25, 0.3) is 5.91 Å². The Morgan fingerprint density at radius 3 is 2.61 bits per heavy atom. The predicted molar refractivity (Wildman–Crippen MR) is 127 cm³/mol. The Balaban J connectivity index is 1.40. The molecule has 0 saturated heterocycles. The number of methoxy groups -OCH3 is 1. The molecule has 4 aliphatic rings. The number of hydrogen-bond acceptors (Lipinski definition) is 7. The zero-order valence-corrected chi connectivity index (χ0v) is 20.2. The first kappa shape index (κ1) is 22.6. The van der Waals surface area contributed by atoms with E-state index in [1.807, 2.05) is 18.2 Å². The maximum atomic E-state index is 13.9. The van der Waals surface area contributed by atoms with Crippen LogP contribution in [0.2, 0.25) is 0 Å². The SMILES string of the molecule is COC(=O)c1ccc(C2C3=C(OC4CCC(C)CC4C3=O)C(=O)N2Cc2ccc3c(c2)OCO3)cc1. The van der Waals surface area contributed by atoms with Crippen LogP contribution in [0.5, 0.6) is 11.5 Å². The van der Waals surface area contributed by atoms with Crippen molar-refractivity contribution in [2.45, 2.75) is 44.9 Å². The van der Waals surface area contributed by atoms with Crippen LogP contribution in [-0.2, 0) is 25.6 Å². The highest BCUT2D eigenvalue weighted by Gasteiger charge is 2.52. The van der Waals surface area contributed by atoms with Gasteiger partial charge in [-0.25, -0.2) is 4.79 Å². The zero-order chi connectivity index (χ0) is 25.0. The van der Waals surface area contributed by atoms with Crippen LogP contribution in [0.3, 0.4) is 0 Å². The molecule has 8 nitrogen and oxygen atoms in total. The minimum atomic E-state index is -0.615. The average molecular weight is 490 g/mol. The van der Waals surface area contributed by atoms with Crippen molar-refractivity contribution < 1.29 is 33.3 Å². The van der Waals surface area contributed by atoms with E-state index in [4.69, 9.17) is 18.9 Å². The first-order chi connectivity index (χ1) is 17.4. The molecule has 0 radical (unpaired) electrons. The largest absolute Gasteiger partial charge is 0.483 e. The second-order valence-electron chi connectivity index (χ2n) is 9.92. The molecule has 8 heteroatoms. The van der Waals surface area contributed by atoms with E-state index in [9.17, 15) is 14.4 Å². The Kier molecular flexibility index (Phi) is 5.47. The second-order valence-corrected chi connectivity index (χ2v) is 9.92. The summed E-state index contributed by atoms with van der Waals surface area (Å²) in [4.78, 5) is 41.2. The fourth-order valence-corrected chi connectivity index (χ4v) is 5.79. The lowest BCUT2D eigenvalue weighted by Crippen LogP contribution is -2.41. The molecule has 0 bridgehead atoms. The van der Waals surface area contributed by atoms with Gasteiger partial charge in [-0.1, -0.05) is 25.1 Å². The van der Waals surface area contributed by atoms with Gasteiger partial charge in [-0.05, 0) is 60.6 Å². The monoisotopic (exact) mass is 489 g/mol. The van der Waals surface area contributed by atoms with E-state index in [2.05, 4.69) is 6.92 Å². The van der Waals surface area contributed by atoms with E-state index in [1.165, 1.54) is 7.11 Å². The number of Topliss-reactive ketones (excluding diaryl/α,β-unsaturated/α-hetero) is 1. The minimum Gasteiger partial charge on any atom is -0.483 e. The van der Waals surface area contributed by atoms with E-state index in [-0.39, 0.29) is 42.8 Å². The average Bonchev–Trinajstić information content (AvgIpc) is 3.47. The minimum absolute atomic E-state index is 0.00335. The number of hydrogen-bond donors (Lipinski definition) is 0. The normalized spacial score (nSPS) is 26.4. The molecule has 3 aliphatic heterocycles. The maximum absolute atomic E-state index is 13.9. The van der Waals surface area contributed by atoms with Gasteiger partial charge in [0.05, 0.1) is 30.2 Å². The molecular weight excluding hydrogens is 462 g/mol. The molecule has 1 aliphatic carbocycles. The summed E-state index contributed by atoms with van der Waals surface area (Å²) in [5.74, 6) is 0.893. The fraction of sp³-hybridized carbons (Fsp3) is 0.393. The molecule has 36 heavy (non-hydrogen) atoms. The van der Waals surface area contributed by atoms with Crippen molar-refractivity contribution in [3.63, 3.8) is 0 Å². The van der Waals surface area contributed by atoms with Crippen LogP contribution >= 0.6 is 0 Å². The summed E-state index contributed by atoms with van der Waals surface area (Å²) in [6, 6.07) is 11.8. The number of esters is 1. The van der Waals surface area contributed by atoms with Crippen molar-refractivity contribution in [1.29, 1.82) is 0 Å². The summed E-state index contributed by atoms with van der Waals surface area (Å²) < 4.78 is 22.0. The number of ketones is 1. The number of carbonyl (C=O) groups is 3. The van der Waals surface area contributed by atoms with Crippen LogP contribution in [0.15, 0.2) is 53.8 Å². The van der Waals surface area contributed by atoms with Crippen molar-refractivity contribution in [3.8, 4) is 11.5 Å². The van der Waals surface area contributed by atoms with Crippen LogP contribution in [0.1, 0.15) is 53.7 Å². The first-order valence-electron chi connectivity index (χ1n) is 12.3. The van der Waals surface area contributed by atoms with Crippen molar-refractivity contribution in [3.05, 3.63) is 70.5 Å². The standard InChI is InChI=1S/C28H27NO7/c1-15-3-9-20-19(11-15)25(30)23-24(17-5-7-18(8-6-17)28(32)33-2)29(27(31)26(23)36-20)13-16-4-10-21-22(12-16)35-14-34-21/h4-8,10,12,15,19-20,24H,3,9,11,13-14H2,1-2H3. The number of ether oxygens (including phenoxy) is 4. The number of amides is 1. The molecular formula is C28H27NO7. The Morgan fingerprint density at radius 2 is 1.83 bits per heavy atom. The highest BCUT2D eigenvalue weighted by atomic mass is 16.7. The first-order valence-corrected chi connectivity index (χ1v) is 12.3. The number of fused-ring (bicyclic) bond motifs is 2. The second kappa shape index (κ2) is 8.69. The molecule has 3 heterocycles. The third-order valence-electron chi connectivity index (χ3n) is 7.64. The van der Waals surface area contributed by atoms with E-state index < -0.39 is 12.0 Å². The molecule has 6 rings (SSSR count). The summed E-state index contributed by atoms with van der Waals surface area (Å²) in [6.07, 6.45) is 2.24. The molecule has 186 valence electrons. The molecule has 0 spiro atoms. The third-order valence-corrected chi connectivity index (χ3v) is 7.64. The van der Waals surface area contributed by atoms with Crippen LogP contribution < -0.4 is 9.47 Å². The molecule has 1 amide bonds. The molecule has 0 aromatic heterocycles. The van der Waals surface area contributed by atoms with Crippen LogP contribution in [0.4, 0.5) is 0 Å². The lowest BCUT2D eigenvalue weighted by atomic mass is 9.74. The highest BCUT2D eigenvalue weighted by molar-refractivity contribution is 6.11. The summed E-state index contributed by atoms with van der Waals surface area (Å²) in [5, 5.41) is 0. The quantitative estimate of drug-likeness (QED) is 0.601. The lowest BCUT2D eigenvalue weighted by molar-refractivity contribution is -0.136. The van der Waals surface area contributed by atoms with Crippen LogP contribution in [0, 0.1) is 11.8 Å². The van der Waals surface area contributed by atoms with E-state index in [0.29, 0.717) is 28.6 Å². The van der Waals surface area contributed by atoms with Gasteiger partial charge in [-0.2, -0.15) is 0 Å². The van der Waals surface area contributed by atoms with E-state index in [0.717, 1.165) is 30.4 Å². The summed E-state index contributed by atoms with van der Waals surface area (Å²) >= 11 is 0. The van der Waals surface area contributed by atoms with Crippen molar-refractivity contribution in [2.24, 2.45) is 11.8 Å². The Morgan fingerprint density at radius 1 is 1.06 bits per heavy atom. The zero-order valence-electron chi connectivity index (χ0n) is 20.2. The maximum Gasteiger partial charge on any atom is 0.337 e. The molecule has 2 aromatic rings. The van der Waals surface area contributed by atoms with Gasteiger partial charge >= 0.3 is 5.97 Å². The molecule has 4 unspecified atom stereocenters. The molecule has 4 atom stereocenters. The Bertz CT molecular complexity index is 1280. The van der Waals surface area contributed by atoms with Gasteiger partial charge in [-0.15, -0.1) is 0 Å². The smallest absolute Gasteiger partial charge is 0.337 e. The van der Waals surface area contributed by atoms with Gasteiger partial charge in [0.1, 0.15) is 6.10 Å². The number of nitrogens with zero attached hydrogens (tertiary/aromatic N) is 1. The van der Waals surface area contributed by atoms with Crippen molar-refractivity contribution in [2.75, 3.05) is 13.9 Å². The number of carbonyl (C=O) groups excluding carboxylic acids is 3. The molecule has 2 aromatic carbocycles. The Hall–Kier alpha value is -3.81. The number of rotatable bonds is 4. The van der Waals surface area contributed by atoms with Gasteiger partial charge in [-0.3, -0.25) is 9.59 Å². The summed E-state index contributed by atoms with van der Waals surface area (Å²) in [5.41, 5.74) is 2.40. The highest BCUT2D eigenvalue weighted by Crippen LogP contribution is 2.48. The molecule has 1 fully saturated rings. The van der Waals surface area contributed by atoms with Crippen LogP contribution in [0.25, 0.3) is 0 Å². The predicted octanol–water partition coefficient (Wildman–Crippen LogP) is 3.94. The van der Waals surface area contributed by atoms with E-state index in [1.54, 1.807) is 29.2 Å². The van der Waals surface area contributed by atoms with Crippen molar-refractivity contribution >= 4 is 17.7 Å². The van der Waals surface area contributed by atoms with Gasteiger partial charge < -0.3 is 23.8 Å². The van der Waals surface area contributed by atoms with Crippen molar-refractivity contribution in [1.82, 2.24) is 4.90 Å². The fourth-order valence-electron chi connectivity index (χ4n) is 5.79. The number of benzene rings is 2. The summed E-state index contributed by atoms with van der Waals surface area (Å²) in [6.45, 7) is 2.58. The third kappa shape index (κ3) is 3.63. The topological polar surface area (TPSA) is 91.4 Å². The van der Waals surface area contributed by atoms with Gasteiger partial charge in [0.2, 0.25) is 6.79 Å². The molecule has 1 saturated carbocycles. The Labute approximate surface area is 208 Å². The molecule has 0 N–H and O–H groups in total. The van der Waals surface area contributed by atoms with Gasteiger partial charge in [0.15, 0.2) is 23.0 Å². The summed E-state index contributed by atoms with van der Waals surface area (Å²) in [7, 11) is 1.33. The van der Waals surface area contributed by atoms with E-state index >= 15 is 0 Å². The lowest BCUT2D eigenvalue weighted by Gasteiger charge is -2.37.